The second-order valence-corrected chi connectivity index (χ2v) is 6.18. The van der Waals surface area contributed by atoms with Gasteiger partial charge in [0.05, 0.1) is 6.04 Å². The number of benzene rings is 1. The van der Waals surface area contributed by atoms with Gasteiger partial charge in [-0.05, 0) is 36.1 Å². The zero-order valence-electron chi connectivity index (χ0n) is 11.0. The van der Waals surface area contributed by atoms with Crippen LogP contribution in [0.3, 0.4) is 0 Å². The molecule has 2 rings (SSSR count). The largest absolute Gasteiger partial charge is 0.338 e. The molecule has 0 radical (unpaired) electrons. The Balaban J connectivity index is 2.05. The van der Waals surface area contributed by atoms with Gasteiger partial charge in [-0.2, -0.15) is 16.7 Å². The molecule has 2 N–H and O–H groups in total. The molecule has 1 atom stereocenters. The van der Waals surface area contributed by atoms with Crippen molar-refractivity contribution in [1.82, 2.24) is 10.1 Å². The lowest BCUT2D eigenvalue weighted by Gasteiger charge is -2.03. The first-order valence-electron chi connectivity index (χ1n) is 6.11. The summed E-state index contributed by atoms with van der Waals surface area (Å²) >= 11 is 13.7. The smallest absolute Gasteiger partial charge is 0.243 e. The Morgan fingerprint density at radius 2 is 2.20 bits per heavy atom. The Morgan fingerprint density at radius 3 is 2.90 bits per heavy atom. The van der Waals surface area contributed by atoms with Crippen molar-refractivity contribution in [3.63, 3.8) is 0 Å². The Morgan fingerprint density at radius 1 is 1.40 bits per heavy atom. The van der Waals surface area contributed by atoms with Gasteiger partial charge in [-0.15, -0.1) is 0 Å². The second kappa shape index (κ2) is 7.31. The highest BCUT2D eigenvalue weighted by Gasteiger charge is 2.15. The highest BCUT2D eigenvalue weighted by molar-refractivity contribution is 7.98. The average Bonchev–Trinajstić information content (AvgIpc) is 2.88. The number of thioether (sulfide) groups is 1. The van der Waals surface area contributed by atoms with Crippen LogP contribution in [0.25, 0.3) is 0 Å². The molecule has 7 heteroatoms. The summed E-state index contributed by atoms with van der Waals surface area (Å²) in [6.07, 6.45) is 3.34. The van der Waals surface area contributed by atoms with E-state index in [0.29, 0.717) is 28.2 Å². The Hall–Kier alpha value is -0.750. The summed E-state index contributed by atoms with van der Waals surface area (Å²) in [5.74, 6) is 2.00. The fourth-order valence-corrected chi connectivity index (χ4v) is 2.66. The quantitative estimate of drug-likeness (QED) is 0.873. The van der Waals surface area contributed by atoms with Gasteiger partial charge in [0.2, 0.25) is 5.89 Å². The van der Waals surface area contributed by atoms with Crippen molar-refractivity contribution in [1.29, 1.82) is 0 Å². The van der Waals surface area contributed by atoms with Crippen LogP contribution in [0.4, 0.5) is 0 Å². The molecule has 0 saturated heterocycles. The number of nitrogens with two attached hydrogens (primary N) is 1. The Bertz CT molecular complexity index is 576. The minimum atomic E-state index is -0.218. The van der Waals surface area contributed by atoms with E-state index in [9.17, 15) is 0 Å². The third-order valence-electron chi connectivity index (χ3n) is 2.80. The zero-order chi connectivity index (χ0) is 14.5. The predicted molar refractivity (Wildman–Crippen MR) is 83.5 cm³/mol. The first kappa shape index (κ1) is 15.6. The van der Waals surface area contributed by atoms with Gasteiger partial charge in [-0.1, -0.05) is 34.4 Å². The third kappa shape index (κ3) is 4.12. The van der Waals surface area contributed by atoms with Crippen molar-refractivity contribution < 1.29 is 4.52 Å². The lowest BCUT2D eigenvalue weighted by molar-refractivity contribution is 0.349. The van der Waals surface area contributed by atoms with Gasteiger partial charge in [-0.25, -0.2) is 0 Å². The van der Waals surface area contributed by atoms with Crippen molar-refractivity contribution in [2.45, 2.75) is 18.9 Å². The number of aromatic nitrogens is 2. The summed E-state index contributed by atoms with van der Waals surface area (Å²) in [5.41, 5.74) is 6.89. The molecular weight excluding hydrogens is 317 g/mol. The van der Waals surface area contributed by atoms with E-state index in [4.69, 9.17) is 33.5 Å². The normalized spacial score (nSPS) is 12.6. The summed E-state index contributed by atoms with van der Waals surface area (Å²) in [5, 5.41) is 5.14. The van der Waals surface area contributed by atoms with Crippen LogP contribution in [0.5, 0.6) is 0 Å². The van der Waals surface area contributed by atoms with Crippen molar-refractivity contribution in [2.75, 3.05) is 12.0 Å². The van der Waals surface area contributed by atoms with E-state index in [1.165, 1.54) is 0 Å². The van der Waals surface area contributed by atoms with Crippen molar-refractivity contribution >= 4 is 35.0 Å². The number of hydrogen-bond donors (Lipinski definition) is 1. The summed E-state index contributed by atoms with van der Waals surface area (Å²) in [7, 11) is 0. The van der Waals surface area contributed by atoms with E-state index in [1.807, 2.05) is 12.3 Å². The fourth-order valence-electron chi connectivity index (χ4n) is 1.69. The lowest BCUT2D eigenvalue weighted by Crippen LogP contribution is -2.11. The standard InChI is InChI=1S/C13H15Cl2N3OS/c1-20-5-4-11(16)13-17-12(18-19-13)6-8-2-3-9(14)7-10(8)15/h2-3,7,11H,4-6,16H2,1H3/t11-/m1/s1. The molecule has 0 saturated carbocycles. The number of nitrogens with zero attached hydrogens (tertiary/aromatic N) is 2. The first-order chi connectivity index (χ1) is 9.60. The molecule has 0 amide bonds. The summed E-state index contributed by atoms with van der Waals surface area (Å²) < 4.78 is 5.19. The molecule has 0 spiro atoms. The van der Waals surface area contributed by atoms with Gasteiger partial charge in [-0.3, -0.25) is 0 Å². The Labute approximate surface area is 132 Å². The van der Waals surface area contributed by atoms with Gasteiger partial charge < -0.3 is 10.3 Å². The molecule has 0 bridgehead atoms. The van der Waals surface area contributed by atoms with E-state index in [1.54, 1.807) is 23.9 Å². The molecule has 1 aromatic heterocycles. The van der Waals surface area contributed by atoms with Gasteiger partial charge in [0.25, 0.3) is 0 Å². The summed E-state index contributed by atoms with van der Waals surface area (Å²) in [6, 6.07) is 5.12. The van der Waals surface area contributed by atoms with Crippen LogP contribution in [0.1, 0.15) is 29.7 Å². The maximum atomic E-state index is 6.12. The molecule has 1 aromatic carbocycles. The van der Waals surface area contributed by atoms with Crippen LogP contribution >= 0.6 is 35.0 Å². The van der Waals surface area contributed by atoms with Crippen LogP contribution in [-0.2, 0) is 6.42 Å². The highest BCUT2D eigenvalue weighted by Crippen LogP contribution is 2.23. The van der Waals surface area contributed by atoms with Crippen LogP contribution in [0.2, 0.25) is 10.0 Å². The molecule has 2 aromatic rings. The number of rotatable bonds is 6. The molecule has 0 unspecified atom stereocenters. The van der Waals surface area contributed by atoms with Gasteiger partial charge in [0.15, 0.2) is 5.82 Å². The lowest BCUT2D eigenvalue weighted by atomic mass is 10.1. The highest BCUT2D eigenvalue weighted by atomic mass is 35.5. The molecule has 0 fully saturated rings. The van der Waals surface area contributed by atoms with Crippen LogP contribution in [0, 0.1) is 0 Å². The van der Waals surface area contributed by atoms with E-state index in [2.05, 4.69) is 10.1 Å². The summed E-state index contributed by atoms with van der Waals surface area (Å²) in [4.78, 5) is 4.32. The molecule has 4 nitrogen and oxygen atoms in total. The molecule has 1 heterocycles. The van der Waals surface area contributed by atoms with Crippen molar-refractivity contribution in [3.8, 4) is 0 Å². The zero-order valence-corrected chi connectivity index (χ0v) is 13.3. The fraction of sp³-hybridized carbons (Fsp3) is 0.385. The molecule has 108 valence electrons. The van der Waals surface area contributed by atoms with E-state index < -0.39 is 0 Å². The van der Waals surface area contributed by atoms with E-state index >= 15 is 0 Å². The van der Waals surface area contributed by atoms with Crippen LogP contribution in [0.15, 0.2) is 22.7 Å². The molecule has 0 aliphatic heterocycles. The van der Waals surface area contributed by atoms with E-state index in [-0.39, 0.29) is 6.04 Å². The minimum absolute atomic E-state index is 0.218. The number of hydrogen-bond acceptors (Lipinski definition) is 5. The van der Waals surface area contributed by atoms with Gasteiger partial charge >= 0.3 is 0 Å². The first-order valence-corrected chi connectivity index (χ1v) is 8.26. The minimum Gasteiger partial charge on any atom is -0.338 e. The monoisotopic (exact) mass is 331 g/mol. The summed E-state index contributed by atoms with van der Waals surface area (Å²) in [6.45, 7) is 0. The molecule has 0 aliphatic rings. The molecule has 20 heavy (non-hydrogen) atoms. The average molecular weight is 332 g/mol. The van der Waals surface area contributed by atoms with Gasteiger partial charge in [0.1, 0.15) is 0 Å². The maximum absolute atomic E-state index is 6.12. The SMILES string of the molecule is CSCC[C@@H](N)c1nc(Cc2ccc(Cl)cc2Cl)no1. The topological polar surface area (TPSA) is 64.9 Å². The van der Waals surface area contributed by atoms with Crippen molar-refractivity contribution in [3.05, 3.63) is 45.5 Å². The van der Waals surface area contributed by atoms with E-state index in [0.717, 1.165) is 17.7 Å². The van der Waals surface area contributed by atoms with Crippen molar-refractivity contribution in [2.24, 2.45) is 5.73 Å². The van der Waals surface area contributed by atoms with Crippen LogP contribution < -0.4 is 5.73 Å². The van der Waals surface area contributed by atoms with Crippen LogP contribution in [-0.4, -0.2) is 22.1 Å². The van der Waals surface area contributed by atoms with Gasteiger partial charge in [0, 0.05) is 16.5 Å². The molecule has 0 aliphatic carbocycles. The Kier molecular flexibility index (Phi) is 5.72. The second-order valence-electron chi connectivity index (χ2n) is 4.35. The third-order valence-corrected chi connectivity index (χ3v) is 4.03. The maximum Gasteiger partial charge on any atom is 0.243 e. The predicted octanol–water partition coefficient (Wildman–Crippen LogP) is 3.72. The molecular formula is C13H15Cl2N3OS. The number of halogens is 2.